The molecular weight excluding hydrogens is 231 g/mol. The monoisotopic (exact) mass is 252 g/mol. The molecule has 0 aliphatic rings. The van der Waals surface area contributed by atoms with Crippen molar-refractivity contribution < 1.29 is 23.5 Å². The molecule has 1 unspecified atom stereocenters. The normalized spacial score (nSPS) is 15.8. The Morgan fingerprint density at radius 1 is 1.25 bits per heavy atom. The van der Waals surface area contributed by atoms with Crippen LogP contribution in [0, 0.1) is 5.92 Å². The Kier molecular flexibility index (Phi) is 7.07. The maximum atomic E-state index is 12.2. The molecule has 0 radical (unpaired) electrons. The minimum Gasteiger partial charge on any atom is -0.380 e. The Balaban J connectivity index is 4.90. The molecule has 0 rings (SSSR count). The van der Waals surface area contributed by atoms with Crippen molar-refractivity contribution in [3.05, 3.63) is 0 Å². The highest BCUT2D eigenvalue weighted by Gasteiger charge is 2.40. The van der Waals surface area contributed by atoms with Crippen LogP contribution in [0.5, 0.6) is 0 Å². The van der Waals surface area contributed by atoms with Gasteiger partial charge in [-0.1, -0.05) is 6.92 Å². The quantitative estimate of drug-likeness (QED) is 0.670. The Morgan fingerprint density at radius 2 is 1.69 bits per heavy atom. The van der Waals surface area contributed by atoms with Crippen molar-refractivity contribution in [2.24, 2.45) is 5.92 Å². The van der Waals surface area contributed by atoms with Gasteiger partial charge in [0.15, 0.2) is 5.85 Å². The largest absolute Gasteiger partial charge is 0.380 e. The molecule has 16 heavy (non-hydrogen) atoms. The third-order valence-electron chi connectivity index (χ3n) is 2.26. The summed E-state index contributed by atoms with van der Waals surface area (Å²) in [4.78, 5) is 11.3. The molecule has 0 amide bonds. The van der Waals surface area contributed by atoms with Crippen molar-refractivity contribution in [3.63, 3.8) is 0 Å². The molecule has 2 atom stereocenters. The van der Waals surface area contributed by atoms with Gasteiger partial charge in [0.2, 0.25) is 0 Å². The predicted molar refractivity (Wildman–Crippen MR) is 61.3 cm³/mol. The van der Waals surface area contributed by atoms with Crippen LogP contribution in [0.1, 0.15) is 34.1 Å². The van der Waals surface area contributed by atoms with Gasteiger partial charge >= 0.3 is 7.60 Å². The van der Waals surface area contributed by atoms with Gasteiger partial charge in [0.1, 0.15) is 5.78 Å². The fourth-order valence-corrected chi connectivity index (χ4v) is 3.44. The second-order valence-electron chi connectivity index (χ2n) is 3.41. The van der Waals surface area contributed by atoms with Crippen molar-refractivity contribution in [1.82, 2.24) is 0 Å². The summed E-state index contributed by atoms with van der Waals surface area (Å²) in [5.74, 6) is -2.30. The fourth-order valence-electron chi connectivity index (χ4n) is 1.48. The van der Waals surface area contributed by atoms with Gasteiger partial charge in [0.25, 0.3) is 0 Å². The third-order valence-corrected chi connectivity index (χ3v) is 4.51. The SMILES string of the molecule is CCOP(=O)(OCC)[C@H](O)C(CC)C(C)=O. The van der Waals surface area contributed by atoms with E-state index in [-0.39, 0.29) is 19.0 Å². The zero-order valence-corrected chi connectivity index (χ0v) is 11.2. The summed E-state index contributed by atoms with van der Waals surface area (Å²) in [6.07, 6.45) is 0.403. The predicted octanol–water partition coefficient (Wildman–Crippen LogP) is 2.19. The number of hydrogen-bond donors (Lipinski definition) is 1. The number of Topliss-reactive ketones (excluding diaryl/α,β-unsaturated/α-hetero) is 1. The summed E-state index contributed by atoms with van der Waals surface area (Å²) in [6, 6.07) is 0. The molecule has 0 aliphatic carbocycles. The lowest BCUT2D eigenvalue weighted by Gasteiger charge is -2.26. The third kappa shape index (κ3) is 3.98. The molecule has 0 aromatic heterocycles. The first-order valence-corrected chi connectivity index (χ1v) is 7.11. The number of carbonyl (C=O) groups excluding carboxylic acids is 1. The van der Waals surface area contributed by atoms with Crippen molar-refractivity contribution in [3.8, 4) is 0 Å². The Bertz CT molecular complexity index is 256. The summed E-state index contributed by atoms with van der Waals surface area (Å²) in [5.41, 5.74) is 0. The van der Waals surface area contributed by atoms with E-state index in [9.17, 15) is 14.5 Å². The van der Waals surface area contributed by atoms with Crippen LogP contribution in [-0.2, 0) is 18.4 Å². The smallest absolute Gasteiger partial charge is 0.359 e. The maximum Gasteiger partial charge on any atom is 0.359 e. The first-order chi connectivity index (χ1) is 7.42. The molecule has 0 saturated carbocycles. The number of aliphatic hydroxyl groups excluding tert-OH is 1. The highest BCUT2D eigenvalue weighted by molar-refractivity contribution is 7.54. The second kappa shape index (κ2) is 7.17. The lowest BCUT2D eigenvalue weighted by Crippen LogP contribution is -2.27. The lowest BCUT2D eigenvalue weighted by atomic mass is 10.0. The van der Waals surface area contributed by atoms with Crippen LogP contribution in [0.15, 0.2) is 0 Å². The zero-order valence-electron chi connectivity index (χ0n) is 10.3. The molecule has 0 aromatic carbocycles. The first-order valence-electron chi connectivity index (χ1n) is 5.50. The van der Waals surface area contributed by atoms with Crippen LogP contribution in [0.2, 0.25) is 0 Å². The standard InChI is InChI=1S/C10H21O5P/c1-5-9(8(4)11)10(12)16(13,14-6-2)15-7-3/h9-10,12H,5-7H2,1-4H3/t9?,10-/m0/s1. The second-order valence-corrected chi connectivity index (χ2v) is 5.54. The van der Waals surface area contributed by atoms with Crippen LogP contribution in [0.4, 0.5) is 0 Å². The zero-order chi connectivity index (χ0) is 12.8. The van der Waals surface area contributed by atoms with Crippen molar-refractivity contribution in [2.45, 2.75) is 40.0 Å². The summed E-state index contributed by atoms with van der Waals surface area (Å²) < 4.78 is 22.2. The Morgan fingerprint density at radius 3 is 1.94 bits per heavy atom. The van der Waals surface area contributed by atoms with Crippen molar-refractivity contribution in [1.29, 1.82) is 0 Å². The molecule has 0 bridgehead atoms. The molecule has 1 N–H and O–H groups in total. The summed E-state index contributed by atoms with van der Waals surface area (Å²) in [6.45, 7) is 6.77. The molecule has 5 nitrogen and oxygen atoms in total. The van der Waals surface area contributed by atoms with Gasteiger partial charge in [-0.15, -0.1) is 0 Å². The summed E-state index contributed by atoms with van der Waals surface area (Å²) >= 11 is 0. The molecule has 0 heterocycles. The summed E-state index contributed by atoms with van der Waals surface area (Å²) in [5, 5.41) is 9.93. The lowest BCUT2D eigenvalue weighted by molar-refractivity contribution is -0.123. The molecule has 6 heteroatoms. The molecule has 0 spiro atoms. The summed E-state index contributed by atoms with van der Waals surface area (Å²) in [7, 11) is -3.60. The average molecular weight is 252 g/mol. The van der Waals surface area contributed by atoms with Gasteiger partial charge in [0.05, 0.1) is 19.1 Å². The van der Waals surface area contributed by atoms with Gasteiger partial charge < -0.3 is 14.2 Å². The topological polar surface area (TPSA) is 72.8 Å². The fraction of sp³-hybridized carbons (Fsp3) is 0.900. The van der Waals surface area contributed by atoms with E-state index in [2.05, 4.69) is 0 Å². The van der Waals surface area contributed by atoms with Crippen molar-refractivity contribution in [2.75, 3.05) is 13.2 Å². The van der Waals surface area contributed by atoms with E-state index >= 15 is 0 Å². The number of rotatable bonds is 8. The van der Waals surface area contributed by atoms with Crippen molar-refractivity contribution >= 4 is 13.4 Å². The molecule has 0 aromatic rings. The van der Waals surface area contributed by atoms with E-state index in [1.54, 1.807) is 20.8 Å². The molecular formula is C10H21O5P. The van der Waals surface area contributed by atoms with Crippen LogP contribution in [-0.4, -0.2) is 29.9 Å². The van der Waals surface area contributed by atoms with Gasteiger partial charge in [0, 0.05) is 0 Å². The molecule has 0 fully saturated rings. The van der Waals surface area contributed by atoms with Gasteiger partial charge in [-0.2, -0.15) is 0 Å². The van der Waals surface area contributed by atoms with Crippen LogP contribution in [0.3, 0.4) is 0 Å². The Hall–Kier alpha value is -0.220. The van der Waals surface area contributed by atoms with E-state index in [0.717, 1.165) is 0 Å². The maximum absolute atomic E-state index is 12.2. The van der Waals surface area contributed by atoms with Gasteiger partial charge in [-0.25, -0.2) is 0 Å². The van der Waals surface area contributed by atoms with E-state index in [1.165, 1.54) is 6.92 Å². The van der Waals surface area contributed by atoms with Crippen LogP contribution < -0.4 is 0 Å². The molecule has 96 valence electrons. The number of aliphatic hydroxyl groups is 1. The minimum absolute atomic E-state index is 0.169. The molecule has 0 aliphatic heterocycles. The van der Waals surface area contributed by atoms with Gasteiger partial charge in [-0.3, -0.25) is 9.36 Å². The van der Waals surface area contributed by atoms with Gasteiger partial charge in [-0.05, 0) is 27.2 Å². The number of carbonyl (C=O) groups is 1. The van der Waals surface area contributed by atoms with E-state index in [1.807, 2.05) is 0 Å². The van der Waals surface area contributed by atoms with E-state index in [4.69, 9.17) is 9.05 Å². The first kappa shape index (κ1) is 15.8. The van der Waals surface area contributed by atoms with Crippen LogP contribution in [0.25, 0.3) is 0 Å². The minimum atomic E-state index is -3.60. The van der Waals surface area contributed by atoms with E-state index < -0.39 is 19.4 Å². The number of ketones is 1. The Labute approximate surface area is 96.7 Å². The van der Waals surface area contributed by atoms with Crippen LogP contribution >= 0.6 is 7.60 Å². The average Bonchev–Trinajstić information content (AvgIpc) is 2.18. The highest BCUT2D eigenvalue weighted by atomic mass is 31.2. The number of hydrogen-bond acceptors (Lipinski definition) is 5. The highest BCUT2D eigenvalue weighted by Crippen LogP contribution is 2.54. The van der Waals surface area contributed by atoms with E-state index in [0.29, 0.717) is 6.42 Å². The molecule has 0 saturated heterocycles.